The number of carbonyl (C=O) groups is 2. The lowest BCUT2D eigenvalue weighted by atomic mass is 9.73. The molecule has 4 N–H and O–H groups in total. The number of hydrogen-bond donors (Lipinski definition) is 5. The molecule has 0 aliphatic carbocycles. The minimum atomic E-state index is -0.724. The molecule has 2 rings (SSSR count). The van der Waals surface area contributed by atoms with Gasteiger partial charge in [0.2, 0.25) is 11.9 Å². The molecular weight excluding hydrogens is 378 g/mol. The van der Waals surface area contributed by atoms with Crippen LogP contribution >= 0.6 is 12.6 Å². The Labute approximate surface area is 172 Å². The summed E-state index contributed by atoms with van der Waals surface area (Å²) in [5.74, 6) is -0.165. The van der Waals surface area contributed by atoms with E-state index in [1.807, 2.05) is 27.7 Å². The van der Waals surface area contributed by atoms with Crippen molar-refractivity contribution < 1.29 is 14.7 Å². The Kier molecular flexibility index (Phi) is 6.94. The zero-order chi connectivity index (χ0) is 21.3. The van der Waals surface area contributed by atoms with E-state index in [4.69, 9.17) is 0 Å². The first-order chi connectivity index (χ1) is 12.9. The first-order valence-electron chi connectivity index (χ1n) is 9.75. The van der Waals surface area contributed by atoms with E-state index in [2.05, 4.69) is 52.4 Å². The molecule has 0 fully saturated rings. The van der Waals surface area contributed by atoms with Crippen LogP contribution in [0.2, 0.25) is 0 Å². The summed E-state index contributed by atoms with van der Waals surface area (Å²) in [7, 11) is 0. The summed E-state index contributed by atoms with van der Waals surface area (Å²) in [4.78, 5) is 33.9. The predicted molar refractivity (Wildman–Crippen MR) is 114 cm³/mol. The van der Waals surface area contributed by atoms with Crippen LogP contribution in [-0.2, 0) is 9.59 Å². The molecule has 2 aliphatic heterocycles. The van der Waals surface area contributed by atoms with Gasteiger partial charge in [0.05, 0.1) is 18.7 Å². The maximum atomic E-state index is 12.8. The van der Waals surface area contributed by atoms with Crippen LogP contribution in [0.1, 0.15) is 54.4 Å². The molecule has 158 valence electrons. The van der Waals surface area contributed by atoms with Crippen LogP contribution in [0.3, 0.4) is 0 Å². The number of aliphatic imine (C=N–C) groups is 2. The molecule has 0 bridgehead atoms. The number of fused-ring (bicyclic) bond motifs is 1. The number of rotatable bonds is 6. The van der Waals surface area contributed by atoms with Gasteiger partial charge in [0.25, 0.3) is 5.91 Å². The molecule has 0 saturated carbocycles. The minimum Gasteiger partial charge on any atom is -0.391 e. The zero-order valence-corrected chi connectivity index (χ0v) is 18.4. The predicted octanol–water partition coefficient (Wildman–Crippen LogP) is 0.859. The number of thiol groups is 1. The van der Waals surface area contributed by atoms with Crippen molar-refractivity contribution in [1.29, 1.82) is 0 Å². The summed E-state index contributed by atoms with van der Waals surface area (Å²) in [5, 5.41) is 18.5. The highest BCUT2D eigenvalue weighted by molar-refractivity contribution is 7.81. The number of guanidine groups is 1. The van der Waals surface area contributed by atoms with E-state index in [0.29, 0.717) is 25.2 Å². The lowest BCUT2D eigenvalue weighted by Crippen LogP contribution is -2.64. The fraction of sp³-hybridized carbons (Fsp3) is 0.789. The Morgan fingerprint density at radius 2 is 2.04 bits per heavy atom. The van der Waals surface area contributed by atoms with E-state index >= 15 is 0 Å². The van der Waals surface area contributed by atoms with Crippen molar-refractivity contribution in [2.45, 2.75) is 77.8 Å². The molecule has 0 aromatic rings. The fourth-order valence-electron chi connectivity index (χ4n) is 3.47. The molecule has 0 saturated heterocycles. The molecule has 2 heterocycles. The topological polar surface area (TPSA) is 115 Å². The average molecular weight is 412 g/mol. The highest BCUT2D eigenvalue weighted by Crippen LogP contribution is 2.38. The van der Waals surface area contributed by atoms with Crippen LogP contribution in [0.15, 0.2) is 9.98 Å². The van der Waals surface area contributed by atoms with E-state index in [0.717, 1.165) is 0 Å². The van der Waals surface area contributed by atoms with Crippen LogP contribution in [0.5, 0.6) is 0 Å². The third-order valence-corrected chi connectivity index (χ3v) is 6.28. The summed E-state index contributed by atoms with van der Waals surface area (Å²) >= 11 is 4.53. The molecule has 0 radical (unpaired) electrons. The molecule has 2 aliphatic rings. The van der Waals surface area contributed by atoms with Gasteiger partial charge in [-0.2, -0.15) is 17.6 Å². The number of nitrogens with zero attached hydrogens (tertiary/aromatic N) is 2. The number of carbonyl (C=O) groups excluding carboxylic acids is 2. The lowest BCUT2D eigenvalue weighted by molar-refractivity contribution is -0.129. The molecular formula is C19H33N5O3S. The number of aliphatic hydroxyl groups excluding tert-OH is 1. The lowest BCUT2D eigenvalue weighted by Gasteiger charge is -2.37. The Hall–Kier alpha value is -1.45. The first kappa shape index (κ1) is 22.8. The minimum absolute atomic E-state index is 0.0890. The van der Waals surface area contributed by atoms with Gasteiger partial charge in [-0.1, -0.05) is 41.5 Å². The maximum Gasteiger partial charge on any atom is 0.251 e. The second-order valence-electron chi connectivity index (χ2n) is 9.01. The SMILES string of the molecule is CCC(O)C1CN=C2N=C(NC(=O)C(C)(C)CC(C)(C)C(C)S)NC(=O)C2N1. The molecule has 0 spiro atoms. The summed E-state index contributed by atoms with van der Waals surface area (Å²) < 4.78 is 0. The third kappa shape index (κ3) is 5.12. The van der Waals surface area contributed by atoms with Crippen molar-refractivity contribution in [1.82, 2.24) is 16.0 Å². The van der Waals surface area contributed by atoms with Gasteiger partial charge in [-0.05, 0) is 18.3 Å². The molecule has 9 heteroatoms. The number of hydrogen-bond acceptors (Lipinski definition) is 7. The van der Waals surface area contributed by atoms with Crippen LogP contribution in [0.4, 0.5) is 0 Å². The zero-order valence-electron chi connectivity index (χ0n) is 17.5. The van der Waals surface area contributed by atoms with Crippen LogP contribution < -0.4 is 16.0 Å². The van der Waals surface area contributed by atoms with Crippen molar-refractivity contribution in [3.05, 3.63) is 0 Å². The van der Waals surface area contributed by atoms with Crippen LogP contribution in [-0.4, -0.2) is 58.7 Å². The van der Waals surface area contributed by atoms with Gasteiger partial charge >= 0.3 is 0 Å². The van der Waals surface area contributed by atoms with Gasteiger partial charge in [0, 0.05) is 10.7 Å². The van der Waals surface area contributed by atoms with E-state index in [9.17, 15) is 14.7 Å². The first-order valence-corrected chi connectivity index (χ1v) is 10.3. The smallest absolute Gasteiger partial charge is 0.251 e. The Morgan fingerprint density at radius 3 is 2.61 bits per heavy atom. The molecule has 8 nitrogen and oxygen atoms in total. The van der Waals surface area contributed by atoms with Crippen molar-refractivity contribution in [2.24, 2.45) is 20.8 Å². The van der Waals surface area contributed by atoms with Gasteiger partial charge in [0.15, 0.2) is 5.84 Å². The normalized spacial score (nSPS) is 25.1. The Balaban J connectivity index is 2.11. The van der Waals surface area contributed by atoms with Gasteiger partial charge in [-0.25, -0.2) is 0 Å². The average Bonchev–Trinajstić information content (AvgIpc) is 2.59. The summed E-state index contributed by atoms with van der Waals surface area (Å²) in [6.45, 7) is 12.1. The largest absolute Gasteiger partial charge is 0.391 e. The van der Waals surface area contributed by atoms with Crippen molar-refractivity contribution in [3.63, 3.8) is 0 Å². The fourth-order valence-corrected chi connectivity index (χ4v) is 3.56. The highest BCUT2D eigenvalue weighted by atomic mass is 32.1. The van der Waals surface area contributed by atoms with Crippen LogP contribution in [0, 0.1) is 10.8 Å². The van der Waals surface area contributed by atoms with E-state index < -0.39 is 17.6 Å². The molecule has 2 amide bonds. The molecule has 4 unspecified atom stereocenters. The number of amidine groups is 1. The number of aliphatic hydroxyl groups is 1. The van der Waals surface area contributed by atoms with E-state index in [1.54, 1.807) is 0 Å². The monoisotopic (exact) mass is 411 g/mol. The van der Waals surface area contributed by atoms with E-state index in [1.165, 1.54) is 0 Å². The van der Waals surface area contributed by atoms with E-state index in [-0.39, 0.29) is 34.5 Å². The second-order valence-corrected chi connectivity index (χ2v) is 9.78. The Bertz CT molecular complexity index is 687. The van der Waals surface area contributed by atoms with Crippen molar-refractivity contribution in [3.8, 4) is 0 Å². The van der Waals surface area contributed by atoms with Gasteiger partial charge < -0.3 is 5.11 Å². The molecule has 0 aromatic carbocycles. The van der Waals surface area contributed by atoms with Gasteiger partial charge in [-0.3, -0.25) is 30.5 Å². The molecule has 28 heavy (non-hydrogen) atoms. The number of amides is 2. The van der Waals surface area contributed by atoms with Crippen molar-refractivity contribution >= 4 is 36.2 Å². The Morgan fingerprint density at radius 1 is 1.39 bits per heavy atom. The van der Waals surface area contributed by atoms with Crippen molar-refractivity contribution in [2.75, 3.05) is 6.54 Å². The third-order valence-electron chi connectivity index (χ3n) is 5.58. The second kappa shape index (κ2) is 8.51. The molecule has 0 aromatic heterocycles. The van der Waals surface area contributed by atoms with Gasteiger partial charge in [-0.15, -0.1) is 0 Å². The quantitative estimate of drug-likeness (QED) is 0.417. The van der Waals surface area contributed by atoms with Gasteiger partial charge in [0.1, 0.15) is 6.04 Å². The maximum absolute atomic E-state index is 12.8. The number of nitrogens with one attached hydrogen (secondary N) is 3. The summed E-state index contributed by atoms with van der Waals surface area (Å²) in [5.41, 5.74) is -0.813. The molecule has 4 atom stereocenters. The summed E-state index contributed by atoms with van der Waals surface area (Å²) in [6.07, 6.45) is 0.610. The highest BCUT2D eigenvalue weighted by Gasteiger charge is 2.40. The summed E-state index contributed by atoms with van der Waals surface area (Å²) in [6, 6.07) is -1.02. The van der Waals surface area contributed by atoms with Crippen LogP contribution in [0.25, 0.3) is 0 Å². The standard InChI is InChI=1S/C19H33N5O3S/c1-7-12(25)11-8-20-14-13(21-11)15(26)23-17(22-14)24-16(27)19(5,6)9-18(3,4)10(2)28/h10-13,21,25,28H,7-9H2,1-6H3,(H2,20,22,23,24,26,27).